The molecule has 1 aliphatic heterocycles. The van der Waals surface area contributed by atoms with E-state index in [2.05, 4.69) is 0 Å². The van der Waals surface area contributed by atoms with Crippen LogP contribution in [0.3, 0.4) is 0 Å². The summed E-state index contributed by atoms with van der Waals surface area (Å²) in [5.41, 5.74) is 4.99. The molecular weight excluding hydrogens is 266 g/mol. The van der Waals surface area contributed by atoms with E-state index in [0.29, 0.717) is 6.42 Å². The molecule has 2 N–H and O–H groups in total. The average Bonchev–Trinajstić information content (AvgIpc) is 2.29. The average molecular weight is 292 g/mol. The van der Waals surface area contributed by atoms with Crippen molar-refractivity contribution in [3.63, 3.8) is 0 Å². The number of carbonyl (C=O) groups excluding carboxylic acids is 1. The second-order valence-electron chi connectivity index (χ2n) is 6.51. The van der Waals surface area contributed by atoms with Crippen LogP contribution in [0.5, 0.6) is 0 Å². The van der Waals surface area contributed by atoms with Crippen LogP contribution in [0.4, 0.5) is 13.6 Å². The third-order valence-corrected chi connectivity index (χ3v) is 3.82. The summed E-state index contributed by atoms with van der Waals surface area (Å²) < 4.78 is 33.4. The van der Waals surface area contributed by atoms with Gasteiger partial charge in [0, 0.05) is 24.9 Å². The van der Waals surface area contributed by atoms with Gasteiger partial charge in [0.05, 0.1) is 6.04 Å². The Morgan fingerprint density at radius 3 is 2.40 bits per heavy atom. The SMILES string of the molecule is CCC1CC(F)(F)C(C)[C@H](CN)N1C(=O)OC(C)(C)C. The molecule has 1 fully saturated rings. The van der Waals surface area contributed by atoms with Crippen LogP contribution >= 0.6 is 0 Å². The van der Waals surface area contributed by atoms with Crippen molar-refractivity contribution in [2.24, 2.45) is 11.7 Å². The quantitative estimate of drug-likeness (QED) is 0.851. The Labute approximate surface area is 119 Å². The van der Waals surface area contributed by atoms with Crippen LogP contribution in [0.2, 0.25) is 0 Å². The van der Waals surface area contributed by atoms with Crippen molar-refractivity contribution in [2.75, 3.05) is 6.54 Å². The number of piperidine rings is 1. The number of amides is 1. The molecule has 6 heteroatoms. The number of ether oxygens (including phenoxy) is 1. The molecule has 118 valence electrons. The highest BCUT2D eigenvalue weighted by Gasteiger charge is 2.52. The van der Waals surface area contributed by atoms with Crippen LogP contribution in [0.25, 0.3) is 0 Å². The van der Waals surface area contributed by atoms with E-state index in [0.717, 1.165) is 0 Å². The Hall–Kier alpha value is -0.910. The molecule has 0 bridgehead atoms. The van der Waals surface area contributed by atoms with Crippen LogP contribution in [0.1, 0.15) is 47.5 Å². The number of hydrogen-bond acceptors (Lipinski definition) is 3. The third-order valence-electron chi connectivity index (χ3n) is 3.82. The number of likely N-dealkylation sites (tertiary alicyclic amines) is 1. The van der Waals surface area contributed by atoms with Gasteiger partial charge in [-0.15, -0.1) is 0 Å². The fourth-order valence-electron chi connectivity index (χ4n) is 2.65. The lowest BCUT2D eigenvalue weighted by molar-refractivity contribution is -0.140. The van der Waals surface area contributed by atoms with Gasteiger partial charge in [-0.05, 0) is 27.2 Å². The lowest BCUT2D eigenvalue weighted by Crippen LogP contribution is -2.62. The molecule has 20 heavy (non-hydrogen) atoms. The zero-order valence-electron chi connectivity index (χ0n) is 13.0. The summed E-state index contributed by atoms with van der Waals surface area (Å²) in [6.07, 6.45) is -0.430. The molecule has 0 saturated carbocycles. The molecule has 0 aromatic rings. The zero-order valence-corrected chi connectivity index (χ0v) is 13.0. The summed E-state index contributed by atoms with van der Waals surface area (Å²) in [5.74, 6) is -3.77. The van der Waals surface area contributed by atoms with Crippen LogP contribution in [-0.4, -0.2) is 41.1 Å². The monoisotopic (exact) mass is 292 g/mol. The predicted molar refractivity (Wildman–Crippen MR) is 73.7 cm³/mol. The second kappa shape index (κ2) is 5.84. The number of rotatable bonds is 2. The van der Waals surface area contributed by atoms with Gasteiger partial charge in [-0.25, -0.2) is 13.6 Å². The molecule has 1 aliphatic rings. The van der Waals surface area contributed by atoms with Gasteiger partial charge in [0.25, 0.3) is 5.92 Å². The number of nitrogens with two attached hydrogens (primary N) is 1. The highest BCUT2D eigenvalue weighted by molar-refractivity contribution is 5.69. The van der Waals surface area contributed by atoms with Crippen molar-refractivity contribution in [1.82, 2.24) is 4.90 Å². The molecule has 2 unspecified atom stereocenters. The van der Waals surface area contributed by atoms with Crippen molar-refractivity contribution >= 4 is 6.09 Å². The van der Waals surface area contributed by atoms with E-state index in [4.69, 9.17) is 10.5 Å². The summed E-state index contributed by atoms with van der Waals surface area (Å²) in [5, 5.41) is 0. The fourth-order valence-corrected chi connectivity index (χ4v) is 2.65. The highest BCUT2D eigenvalue weighted by Crippen LogP contribution is 2.41. The Bertz CT molecular complexity index is 356. The van der Waals surface area contributed by atoms with Crippen LogP contribution < -0.4 is 5.73 Å². The minimum atomic E-state index is -2.80. The number of alkyl halides is 2. The van der Waals surface area contributed by atoms with Crippen LogP contribution in [-0.2, 0) is 4.74 Å². The Balaban J connectivity index is 3.03. The van der Waals surface area contributed by atoms with E-state index in [9.17, 15) is 13.6 Å². The van der Waals surface area contributed by atoms with Crippen molar-refractivity contribution in [3.05, 3.63) is 0 Å². The first kappa shape index (κ1) is 17.1. The topological polar surface area (TPSA) is 55.6 Å². The summed E-state index contributed by atoms with van der Waals surface area (Å²) in [6, 6.07) is -1.23. The van der Waals surface area contributed by atoms with E-state index in [-0.39, 0.29) is 13.0 Å². The standard InChI is InChI=1S/C14H26F2N2O2/c1-6-10-7-14(15,16)9(2)11(8-17)18(10)12(19)20-13(3,4)5/h9-11H,6-8,17H2,1-5H3/t9?,10?,11-/m0/s1. The maximum Gasteiger partial charge on any atom is 0.410 e. The maximum atomic E-state index is 14.0. The Morgan fingerprint density at radius 1 is 1.45 bits per heavy atom. The van der Waals surface area contributed by atoms with Gasteiger partial charge in [0.2, 0.25) is 0 Å². The number of carbonyl (C=O) groups is 1. The van der Waals surface area contributed by atoms with Gasteiger partial charge in [-0.1, -0.05) is 13.8 Å². The van der Waals surface area contributed by atoms with E-state index >= 15 is 0 Å². The van der Waals surface area contributed by atoms with Crippen molar-refractivity contribution in [3.8, 4) is 0 Å². The molecule has 1 heterocycles. The molecule has 1 rings (SSSR count). The predicted octanol–water partition coefficient (Wildman–Crippen LogP) is 3.00. The van der Waals surface area contributed by atoms with Gasteiger partial charge in [-0.3, -0.25) is 0 Å². The molecule has 0 aromatic carbocycles. The summed E-state index contributed by atoms with van der Waals surface area (Å²) in [4.78, 5) is 13.7. The van der Waals surface area contributed by atoms with Crippen molar-refractivity contribution in [1.29, 1.82) is 0 Å². The van der Waals surface area contributed by atoms with Gasteiger partial charge in [0.15, 0.2) is 0 Å². The molecule has 0 aliphatic carbocycles. The number of hydrogen-bond donors (Lipinski definition) is 1. The minimum absolute atomic E-state index is 0.00645. The first-order valence-corrected chi connectivity index (χ1v) is 7.12. The molecule has 0 spiro atoms. The number of nitrogens with zero attached hydrogens (tertiary/aromatic N) is 1. The minimum Gasteiger partial charge on any atom is -0.444 e. The lowest BCUT2D eigenvalue weighted by Gasteiger charge is -2.48. The molecule has 3 atom stereocenters. The third kappa shape index (κ3) is 3.59. The van der Waals surface area contributed by atoms with Crippen molar-refractivity contribution < 1.29 is 18.3 Å². The summed E-state index contributed by atoms with van der Waals surface area (Å²) in [7, 11) is 0. The van der Waals surface area contributed by atoms with Gasteiger partial charge < -0.3 is 15.4 Å². The van der Waals surface area contributed by atoms with E-state index in [1.807, 2.05) is 0 Å². The van der Waals surface area contributed by atoms with Gasteiger partial charge in [-0.2, -0.15) is 0 Å². The van der Waals surface area contributed by atoms with E-state index in [1.54, 1.807) is 27.7 Å². The second-order valence-corrected chi connectivity index (χ2v) is 6.51. The molecule has 1 saturated heterocycles. The number of halogens is 2. The highest BCUT2D eigenvalue weighted by atomic mass is 19.3. The fraction of sp³-hybridized carbons (Fsp3) is 0.929. The van der Waals surface area contributed by atoms with Crippen molar-refractivity contribution in [2.45, 2.75) is 71.1 Å². The van der Waals surface area contributed by atoms with Gasteiger partial charge in [0.1, 0.15) is 5.60 Å². The van der Waals surface area contributed by atoms with Gasteiger partial charge >= 0.3 is 6.09 Å². The first-order valence-electron chi connectivity index (χ1n) is 7.12. The Morgan fingerprint density at radius 2 is 2.00 bits per heavy atom. The van der Waals surface area contributed by atoms with E-state index < -0.39 is 35.6 Å². The smallest absolute Gasteiger partial charge is 0.410 e. The largest absolute Gasteiger partial charge is 0.444 e. The zero-order chi connectivity index (χ0) is 15.7. The first-order chi connectivity index (χ1) is 9.03. The molecular formula is C14H26F2N2O2. The molecule has 1 amide bonds. The molecule has 0 aromatic heterocycles. The lowest BCUT2D eigenvalue weighted by atomic mass is 9.82. The summed E-state index contributed by atoms with van der Waals surface area (Å²) in [6.45, 7) is 8.51. The van der Waals surface area contributed by atoms with Crippen LogP contribution in [0.15, 0.2) is 0 Å². The maximum absolute atomic E-state index is 14.0. The Kier molecular flexibility index (Phi) is 5.00. The van der Waals surface area contributed by atoms with E-state index in [1.165, 1.54) is 11.8 Å². The molecule has 0 radical (unpaired) electrons. The normalized spacial score (nSPS) is 30.2. The summed E-state index contributed by atoms with van der Waals surface area (Å²) >= 11 is 0. The van der Waals surface area contributed by atoms with Crippen LogP contribution in [0, 0.1) is 5.92 Å². The molecule has 4 nitrogen and oxygen atoms in total.